The Morgan fingerprint density at radius 2 is 0.857 bits per heavy atom. The minimum atomic E-state index is 0.112. The molecule has 146 valence electrons. The van der Waals surface area contributed by atoms with Crippen LogP contribution in [-0.4, -0.2) is 15.3 Å². The monoisotopic (exact) mass is 376 g/mol. The third-order valence-electron chi connectivity index (χ3n) is 6.08. The maximum absolute atomic E-state index is 10.9. The molecule has 3 rings (SSSR count). The quantitative estimate of drug-likeness (QED) is 0.460. The standard InChI is InChI=1S/C25H28O3/c1-12-8-13(2)24(17(6)15(12)4)19-10-23(28)20(11-22(19)27)25-14(3)9-21(26)16(5)18(25)7/h8-11,26-28H,1-7H3. The van der Waals surface area contributed by atoms with E-state index in [1.807, 2.05) is 34.6 Å². The number of hydrogen-bond acceptors (Lipinski definition) is 3. The van der Waals surface area contributed by atoms with Crippen molar-refractivity contribution in [2.45, 2.75) is 48.5 Å². The van der Waals surface area contributed by atoms with Gasteiger partial charge in [-0.05, 0) is 117 Å². The third-order valence-corrected chi connectivity index (χ3v) is 6.08. The molecule has 28 heavy (non-hydrogen) atoms. The van der Waals surface area contributed by atoms with Crippen molar-refractivity contribution in [2.24, 2.45) is 0 Å². The minimum absolute atomic E-state index is 0.112. The second-order valence-electron chi connectivity index (χ2n) is 7.86. The topological polar surface area (TPSA) is 60.7 Å². The molecule has 0 unspecified atom stereocenters. The average molecular weight is 376 g/mol. The molecule has 0 radical (unpaired) electrons. The summed E-state index contributed by atoms with van der Waals surface area (Å²) in [5.74, 6) is 0.480. The van der Waals surface area contributed by atoms with E-state index in [0.29, 0.717) is 11.1 Å². The Hall–Kier alpha value is -2.94. The second kappa shape index (κ2) is 6.90. The molecule has 0 saturated heterocycles. The van der Waals surface area contributed by atoms with Crippen LogP contribution in [-0.2, 0) is 0 Å². The number of phenols is 3. The van der Waals surface area contributed by atoms with E-state index in [1.165, 1.54) is 11.1 Å². The summed E-state index contributed by atoms with van der Waals surface area (Å²) in [7, 11) is 0. The van der Waals surface area contributed by atoms with Gasteiger partial charge in [-0.15, -0.1) is 0 Å². The Labute approximate surface area is 166 Å². The molecule has 0 bridgehead atoms. The van der Waals surface area contributed by atoms with Crippen molar-refractivity contribution in [1.29, 1.82) is 0 Å². The van der Waals surface area contributed by atoms with E-state index >= 15 is 0 Å². The Morgan fingerprint density at radius 3 is 1.36 bits per heavy atom. The van der Waals surface area contributed by atoms with Crippen LogP contribution >= 0.6 is 0 Å². The van der Waals surface area contributed by atoms with E-state index in [0.717, 1.165) is 38.9 Å². The average Bonchev–Trinajstić information content (AvgIpc) is 2.61. The highest BCUT2D eigenvalue weighted by Crippen LogP contribution is 2.45. The van der Waals surface area contributed by atoms with Gasteiger partial charge in [0.1, 0.15) is 17.2 Å². The first kappa shape index (κ1) is 19.8. The van der Waals surface area contributed by atoms with Gasteiger partial charge in [-0.2, -0.15) is 0 Å². The molecule has 0 aromatic heterocycles. The molecule has 0 saturated carbocycles. The molecule has 0 aliphatic rings. The van der Waals surface area contributed by atoms with Crippen LogP contribution in [0.25, 0.3) is 22.3 Å². The van der Waals surface area contributed by atoms with Crippen molar-refractivity contribution in [1.82, 2.24) is 0 Å². The SMILES string of the molecule is Cc1cc(C)c(-c2cc(O)c(-c3c(C)cc(O)c(C)c3C)cc2O)c(C)c1C. The predicted octanol–water partition coefficient (Wildman–Crippen LogP) is 6.30. The summed E-state index contributed by atoms with van der Waals surface area (Å²) in [6.07, 6.45) is 0. The number of benzene rings is 3. The fourth-order valence-corrected chi connectivity index (χ4v) is 4.15. The van der Waals surface area contributed by atoms with Gasteiger partial charge in [0.05, 0.1) is 0 Å². The van der Waals surface area contributed by atoms with Gasteiger partial charge in [0.2, 0.25) is 0 Å². The van der Waals surface area contributed by atoms with Crippen LogP contribution < -0.4 is 0 Å². The summed E-state index contributed by atoms with van der Waals surface area (Å²) in [5, 5.41) is 31.8. The lowest BCUT2D eigenvalue weighted by Gasteiger charge is -2.19. The zero-order valence-corrected chi connectivity index (χ0v) is 17.7. The van der Waals surface area contributed by atoms with Gasteiger partial charge in [-0.3, -0.25) is 0 Å². The highest BCUT2D eigenvalue weighted by atomic mass is 16.3. The summed E-state index contributed by atoms with van der Waals surface area (Å²) in [6, 6.07) is 7.08. The van der Waals surface area contributed by atoms with Crippen LogP contribution in [0.4, 0.5) is 0 Å². The van der Waals surface area contributed by atoms with Crippen molar-refractivity contribution in [2.75, 3.05) is 0 Å². The zero-order valence-electron chi connectivity index (χ0n) is 17.7. The Kier molecular flexibility index (Phi) is 4.88. The van der Waals surface area contributed by atoms with Gasteiger partial charge in [-0.1, -0.05) is 6.07 Å². The maximum Gasteiger partial charge on any atom is 0.124 e. The van der Waals surface area contributed by atoms with Crippen molar-refractivity contribution in [3.63, 3.8) is 0 Å². The lowest BCUT2D eigenvalue weighted by atomic mass is 9.87. The molecule has 3 heteroatoms. The molecule has 0 heterocycles. The normalized spacial score (nSPS) is 11.1. The van der Waals surface area contributed by atoms with Crippen molar-refractivity contribution >= 4 is 0 Å². The van der Waals surface area contributed by atoms with E-state index < -0.39 is 0 Å². The Bertz CT molecular complexity index is 1020. The molecule has 3 aromatic carbocycles. The smallest absolute Gasteiger partial charge is 0.124 e. The molecule has 0 aliphatic heterocycles. The van der Waals surface area contributed by atoms with E-state index in [1.54, 1.807) is 18.2 Å². The van der Waals surface area contributed by atoms with Gasteiger partial charge in [-0.25, -0.2) is 0 Å². The number of phenolic OH excluding ortho intramolecular Hbond substituents is 3. The lowest BCUT2D eigenvalue weighted by Crippen LogP contribution is -1.97. The summed E-state index contributed by atoms with van der Waals surface area (Å²) < 4.78 is 0. The Balaban J connectivity index is 2.28. The van der Waals surface area contributed by atoms with Crippen LogP contribution in [0.2, 0.25) is 0 Å². The number of rotatable bonds is 2. The highest BCUT2D eigenvalue weighted by Gasteiger charge is 2.20. The van der Waals surface area contributed by atoms with Crippen LogP contribution in [0.3, 0.4) is 0 Å². The molecule has 0 atom stereocenters. The van der Waals surface area contributed by atoms with Gasteiger partial charge in [0.15, 0.2) is 0 Å². The number of aryl methyl sites for hydroxylation is 3. The fourth-order valence-electron chi connectivity index (χ4n) is 4.15. The van der Waals surface area contributed by atoms with Crippen molar-refractivity contribution in [3.8, 4) is 39.5 Å². The van der Waals surface area contributed by atoms with E-state index in [9.17, 15) is 15.3 Å². The highest BCUT2D eigenvalue weighted by molar-refractivity contribution is 5.86. The van der Waals surface area contributed by atoms with Crippen molar-refractivity contribution < 1.29 is 15.3 Å². The molecule has 0 fully saturated rings. The summed E-state index contributed by atoms with van der Waals surface area (Å²) >= 11 is 0. The second-order valence-corrected chi connectivity index (χ2v) is 7.86. The van der Waals surface area contributed by atoms with Gasteiger partial charge >= 0.3 is 0 Å². The summed E-state index contributed by atoms with van der Waals surface area (Å²) in [4.78, 5) is 0. The van der Waals surface area contributed by atoms with E-state index in [-0.39, 0.29) is 17.2 Å². The van der Waals surface area contributed by atoms with Gasteiger partial charge in [0, 0.05) is 11.1 Å². The molecule has 0 aliphatic carbocycles. The largest absolute Gasteiger partial charge is 0.508 e. The summed E-state index contributed by atoms with van der Waals surface area (Å²) in [6.45, 7) is 13.9. The zero-order chi connectivity index (χ0) is 20.9. The van der Waals surface area contributed by atoms with Crippen LogP contribution in [0, 0.1) is 48.5 Å². The fraction of sp³-hybridized carbons (Fsp3) is 0.280. The van der Waals surface area contributed by atoms with E-state index in [2.05, 4.69) is 19.9 Å². The minimum Gasteiger partial charge on any atom is -0.508 e. The predicted molar refractivity (Wildman–Crippen MR) is 115 cm³/mol. The molecule has 3 aromatic rings. The van der Waals surface area contributed by atoms with Gasteiger partial charge < -0.3 is 15.3 Å². The first-order chi connectivity index (χ1) is 13.0. The molecule has 3 nitrogen and oxygen atoms in total. The van der Waals surface area contributed by atoms with E-state index in [4.69, 9.17) is 0 Å². The molecule has 0 amide bonds. The van der Waals surface area contributed by atoms with Gasteiger partial charge in [0.25, 0.3) is 0 Å². The number of hydrogen-bond donors (Lipinski definition) is 3. The lowest BCUT2D eigenvalue weighted by molar-refractivity contribution is 0.463. The number of aromatic hydroxyl groups is 3. The Morgan fingerprint density at radius 1 is 0.429 bits per heavy atom. The maximum atomic E-state index is 10.9. The van der Waals surface area contributed by atoms with Crippen LogP contribution in [0.15, 0.2) is 24.3 Å². The first-order valence-corrected chi connectivity index (χ1v) is 9.48. The summed E-state index contributed by atoms with van der Waals surface area (Å²) in [5.41, 5.74) is 10.1. The molecular formula is C25H28O3. The molecule has 0 spiro atoms. The molecule has 3 N–H and O–H groups in total. The first-order valence-electron chi connectivity index (χ1n) is 9.48. The van der Waals surface area contributed by atoms with Crippen LogP contribution in [0.5, 0.6) is 17.2 Å². The molecular weight excluding hydrogens is 348 g/mol. The third kappa shape index (κ3) is 3.01. The van der Waals surface area contributed by atoms with Crippen molar-refractivity contribution in [3.05, 3.63) is 63.2 Å². The van der Waals surface area contributed by atoms with Crippen LogP contribution in [0.1, 0.15) is 38.9 Å².